The summed E-state index contributed by atoms with van der Waals surface area (Å²) in [5.41, 5.74) is 0.898. The second kappa shape index (κ2) is 9.93. The number of aliphatic carboxylic acids is 1. The molecule has 0 saturated heterocycles. The Kier molecular flexibility index (Phi) is 8.93. The molecule has 0 radical (unpaired) electrons. The first-order chi connectivity index (χ1) is 7.70. The molecule has 0 heterocycles. The average Bonchev–Trinajstić information content (AvgIpc) is 2.30. The molecule has 0 aliphatic heterocycles. The molecule has 3 heteroatoms. The highest BCUT2D eigenvalue weighted by molar-refractivity contribution is 5.85. The van der Waals surface area contributed by atoms with Gasteiger partial charge in [-0.1, -0.05) is 43.7 Å². The molecule has 0 unspecified atom stereocenters. The summed E-state index contributed by atoms with van der Waals surface area (Å²) in [6.45, 7) is 2.40. The normalized spacial score (nSPS) is 9.62. The third-order valence-corrected chi connectivity index (χ3v) is 1.73. The highest BCUT2D eigenvalue weighted by atomic mass is 16.4. The van der Waals surface area contributed by atoms with Crippen molar-refractivity contribution >= 4 is 12.0 Å². The summed E-state index contributed by atoms with van der Waals surface area (Å²) >= 11 is 0. The fourth-order valence-electron chi connectivity index (χ4n) is 0.890. The van der Waals surface area contributed by atoms with Crippen LogP contribution >= 0.6 is 0 Å². The van der Waals surface area contributed by atoms with Gasteiger partial charge < -0.3 is 10.2 Å². The van der Waals surface area contributed by atoms with Gasteiger partial charge in [-0.15, -0.1) is 0 Å². The molecule has 0 saturated carbocycles. The zero-order valence-corrected chi connectivity index (χ0v) is 9.47. The molecule has 1 aromatic rings. The Balaban J connectivity index is 0.000000385. The maximum Gasteiger partial charge on any atom is 0.328 e. The summed E-state index contributed by atoms with van der Waals surface area (Å²) in [5, 5.41) is 16.4. The quantitative estimate of drug-likeness (QED) is 0.770. The Morgan fingerprint density at radius 2 is 1.94 bits per heavy atom. The van der Waals surface area contributed by atoms with Crippen LogP contribution in [0.3, 0.4) is 0 Å². The first-order valence-electron chi connectivity index (χ1n) is 5.27. The van der Waals surface area contributed by atoms with E-state index >= 15 is 0 Å². The largest absolute Gasteiger partial charge is 0.478 e. The number of carbonyl (C=O) groups is 1. The maximum absolute atomic E-state index is 10.1. The fourth-order valence-corrected chi connectivity index (χ4v) is 0.890. The van der Waals surface area contributed by atoms with E-state index in [1.807, 2.05) is 30.3 Å². The number of benzene rings is 1. The van der Waals surface area contributed by atoms with Crippen molar-refractivity contribution in [1.82, 2.24) is 0 Å². The van der Waals surface area contributed by atoms with Crippen LogP contribution in [0.2, 0.25) is 0 Å². The van der Waals surface area contributed by atoms with E-state index in [0.29, 0.717) is 6.61 Å². The molecule has 0 atom stereocenters. The van der Waals surface area contributed by atoms with E-state index in [0.717, 1.165) is 24.5 Å². The van der Waals surface area contributed by atoms with Gasteiger partial charge in [0, 0.05) is 12.7 Å². The Hall–Kier alpha value is -1.61. The predicted octanol–water partition coefficient (Wildman–Crippen LogP) is 2.56. The van der Waals surface area contributed by atoms with Gasteiger partial charge in [-0.25, -0.2) is 4.79 Å². The molecule has 0 spiro atoms. The molecule has 88 valence electrons. The van der Waals surface area contributed by atoms with E-state index in [9.17, 15) is 4.79 Å². The molecule has 3 nitrogen and oxygen atoms in total. The Morgan fingerprint density at radius 1 is 1.31 bits per heavy atom. The summed E-state index contributed by atoms with van der Waals surface area (Å²) in [4.78, 5) is 10.1. The van der Waals surface area contributed by atoms with Crippen LogP contribution in [-0.2, 0) is 4.79 Å². The van der Waals surface area contributed by atoms with Crippen LogP contribution in [0.25, 0.3) is 6.08 Å². The van der Waals surface area contributed by atoms with Gasteiger partial charge in [0.25, 0.3) is 0 Å². The van der Waals surface area contributed by atoms with Crippen molar-refractivity contribution in [1.29, 1.82) is 0 Å². The first kappa shape index (κ1) is 14.4. The van der Waals surface area contributed by atoms with E-state index in [-0.39, 0.29) is 0 Å². The lowest BCUT2D eigenvalue weighted by Gasteiger charge is -1.87. The second-order valence-corrected chi connectivity index (χ2v) is 3.16. The highest BCUT2D eigenvalue weighted by Crippen LogP contribution is 1.99. The third kappa shape index (κ3) is 8.97. The Labute approximate surface area is 96.1 Å². The van der Waals surface area contributed by atoms with E-state index in [2.05, 4.69) is 6.92 Å². The zero-order valence-electron chi connectivity index (χ0n) is 9.47. The van der Waals surface area contributed by atoms with E-state index in [4.69, 9.17) is 10.2 Å². The average molecular weight is 222 g/mol. The van der Waals surface area contributed by atoms with E-state index < -0.39 is 5.97 Å². The lowest BCUT2D eigenvalue weighted by Crippen LogP contribution is -1.85. The number of aliphatic hydroxyl groups excluding tert-OH is 1. The summed E-state index contributed by atoms with van der Waals surface area (Å²) in [7, 11) is 0. The molecule has 0 aromatic heterocycles. The topological polar surface area (TPSA) is 57.5 Å². The van der Waals surface area contributed by atoms with Crippen molar-refractivity contribution in [3.8, 4) is 0 Å². The number of carboxylic acids is 1. The van der Waals surface area contributed by atoms with Crippen LogP contribution < -0.4 is 0 Å². The Morgan fingerprint density at radius 3 is 2.31 bits per heavy atom. The molecule has 0 aliphatic rings. The third-order valence-electron chi connectivity index (χ3n) is 1.73. The minimum atomic E-state index is -0.922. The molecule has 0 bridgehead atoms. The lowest BCUT2D eigenvalue weighted by molar-refractivity contribution is -0.131. The van der Waals surface area contributed by atoms with Crippen molar-refractivity contribution in [2.75, 3.05) is 6.61 Å². The van der Waals surface area contributed by atoms with Gasteiger partial charge >= 0.3 is 5.97 Å². The summed E-state index contributed by atoms with van der Waals surface area (Å²) in [6.07, 6.45) is 4.72. The lowest BCUT2D eigenvalue weighted by atomic mass is 10.2. The van der Waals surface area contributed by atoms with Gasteiger partial charge in [0.05, 0.1) is 0 Å². The van der Waals surface area contributed by atoms with Crippen LogP contribution in [0.4, 0.5) is 0 Å². The van der Waals surface area contributed by atoms with Gasteiger partial charge in [-0.3, -0.25) is 0 Å². The standard InChI is InChI=1S/C9H8O2.C4H10O/c10-9(11)7-6-8-4-2-1-3-5-8;1-2-3-4-5/h1-7H,(H,10,11);5H,2-4H2,1H3. The molecule has 0 amide bonds. The van der Waals surface area contributed by atoms with Crippen molar-refractivity contribution < 1.29 is 15.0 Å². The zero-order chi connectivity index (χ0) is 12.2. The molecule has 2 N–H and O–H groups in total. The van der Waals surface area contributed by atoms with Gasteiger partial charge in [0.2, 0.25) is 0 Å². The molecular weight excluding hydrogens is 204 g/mol. The summed E-state index contributed by atoms with van der Waals surface area (Å²) in [6, 6.07) is 9.31. The van der Waals surface area contributed by atoms with Gasteiger partial charge in [-0.2, -0.15) is 0 Å². The first-order valence-corrected chi connectivity index (χ1v) is 5.27. The van der Waals surface area contributed by atoms with Crippen molar-refractivity contribution in [3.63, 3.8) is 0 Å². The van der Waals surface area contributed by atoms with Crippen LogP contribution in [0.15, 0.2) is 36.4 Å². The second-order valence-electron chi connectivity index (χ2n) is 3.16. The van der Waals surface area contributed by atoms with E-state index in [1.165, 1.54) is 0 Å². The van der Waals surface area contributed by atoms with Crippen LogP contribution in [0.5, 0.6) is 0 Å². The fraction of sp³-hybridized carbons (Fsp3) is 0.308. The van der Waals surface area contributed by atoms with Crippen LogP contribution in [0, 0.1) is 0 Å². The number of carboxylic acid groups (broad SMARTS) is 1. The van der Waals surface area contributed by atoms with Crippen molar-refractivity contribution in [3.05, 3.63) is 42.0 Å². The molecule has 0 aliphatic carbocycles. The number of hydrogen-bond acceptors (Lipinski definition) is 2. The predicted molar refractivity (Wildman–Crippen MR) is 65.1 cm³/mol. The van der Waals surface area contributed by atoms with Gasteiger partial charge in [-0.05, 0) is 18.1 Å². The number of aliphatic hydroxyl groups is 1. The van der Waals surface area contributed by atoms with Crippen LogP contribution in [0.1, 0.15) is 25.3 Å². The van der Waals surface area contributed by atoms with Crippen molar-refractivity contribution in [2.24, 2.45) is 0 Å². The number of unbranched alkanes of at least 4 members (excludes halogenated alkanes) is 1. The summed E-state index contributed by atoms with van der Waals surface area (Å²) in [5.74, 6) is -0.922. The molecule has 0 fully saturated rings. The summed E-state index contributed by atoms with van der Waals surface area (Å²) < 4.78 is 0. The number of hydrogen-bond donors (Lipinski definition) is 2. The van der Waals surface area contributed by atoms with Gasteiger partial charge in [0.15, 0.2) is 0 Å². The SMILES string of the molecule is CCCCO.O=C(O)C=Cc1ccccc1. The maximum atomic E-state index is 10.1. The Bertz CT molecular complexity index is 302. The molecule has 1 rings (SSSR count). The molecule has 1 aromatic carbocycles. The molecular formula is C13H18O3. The monoisotopic (exact) mass is 222 g/mol. The smallest absolute Gasteiger partial charge is 0.328 e. The highest BCUT2D eigenvalue weighted by Gasteiger charge is 1.85. The minimum Gasteiger partial charge on any atom is -0.478 e. The van der Waals surface area contributed by atoms with Gasteiger partial charge in [0.1, 0.15) is 0 Å². The van der Waals surface area contributed by atoms with Crippen molar-refractivity contribution in [2.45, 2.75) is 19.8 Å². The number of rotatable bonds is 4. The van der Waals surface area contributed by atoms with E-state index in [1.54, 1.807) is 6.08 Å². The molecule has 16 heavy (non-hydrogen) atoms. The minimum absolute atomic E-state index is 0.344. The van der Waals surface area contributed by atoms with Crippen LogP contribution in [-0.4, -0.2) is 22.8 Å².